The van der Waals surface area contributed by atoms with Crippen LogP contribution in [0.2, 0.25) is 0 Å². The zero-order chi connectivity index (χ0) is 15.4. The van der Waals surface area contributed by atoms with Crippen molar-refractivity contribution in [1.82, 2.24) is 5.32 Å². The molecular formula is C16H13N3O3. The SMILES string of the molecule is N#Cc1ccc(NC(=O)NCc2ccc3c(c2)OCO3)cc1. The van der Waals surface area contributed by atoms with Gasteiger partial charge >= 0.3 is 6.03 Å². The monoisotopic (exact) mass is 295 g/mol. The molecule has 3 rings (SSSR count). The third-order valence-corrected chi connectivity index (χ3v) is 3.16. The van der Waals surface area contributed by atoms with Crippen molar-refractivity contribution >= 4 is 11.7 Å². The first-order valence-corrected chi connectivity index (χ1v) is 6.68. The Morgan fingerprint density at radius 2 is 1.91 bits per heavy atom. The molecule has 0 saturated heterocycles. The van der Waals surface area contributed by atoms with Gasteiger partial charge in [-0.25, -0.2) is 4.79 Å². The van der Waals surface area contributed by atoms with E-state index in [0.29, 0.717) is 29.3 Å². The van der Waals surface area contributed by atoms with Crippen molar-refractivity contribution in [1.29, 1.82) is 5.26 Å². The molecule has 0 radical (unpaired) electrons. The molecular weight excluding hydrogens is 282 g/mol. The van der Waals surface area contributed by atoms with Gasteiger partial charge in [-0.2, -0.15) is 5.26 Å². The van der Waals surface area contributed by atoms with Crippen LogP contribution in [-0.4, -0.2) is 12.8 Å². The van der Waals surface area contributed by atoms with E-state index < -0.39 is 0 Å². The summed E-state index contributed by atoms with van der Waals surface area (Å²) in [5.41, 5.74) is 2.09. The number of urea groups is 1. The summed E-state index contributed by atoms with van der Waals surface area (Å²) < 4.78 is 10.5. The Bertz CT molecular complexity index is 735. The maximum absolute atomic E-state index is 11.8. The number of nitrogens with one attached hydrogen (secondary N) is 2. The number of nitriles is 1. The largest absolute Gasteiger partial charge is 0.454 e. The third-order valence-electron chi connectivity index (χ3n) is 3.16. The average molecular weight is 295 g/mol. The molecule has 0 fully saturated rings. The highest BCUT2D eigenvalue weighted by atomic mass is 16.7. The fraction of sp³-hybridized carbons (Fsp3) is 0.125. The molecule has 1 heterocycles. The number of amides is 2. The Kier molecular flexibility index (Phi) is 3.79. The van der Waals surface area contributed by atoms with Gasteiger partial charge in [-0.1, -0.05) is 6.07 Å². The smallest absolute Gasteiger partial charge is 0.319 e. The van der Waals surface area contributed by atoms with Crippen LogP contribution in [0.1, 0.15) is 11.1 Å². The second-order valence-corrected chi connectivity index (χ2v) is 4.68. The number of hydrogen-bond acceptors (Lipinski definition) is 4. The van der Waals surface area contributed by atoms with Crippen LogP contribution in [0.15, 0.2) is 42.5 Å². The minimum atomic E-state index is -0.317. The summed E-state index contributed by atoms with van der Waals surface area (Å²) in [5, 5.41) is 14.2. The molecule has 1 aliphatic rings. The van der Waals surface area contributed by atoms with Gasteiger partial charge in [-0.3, -0.25) is 0 Å². The van der Waals surface area contributed by atoms with Crippen LogP contribution < -0.4 is 20.1 Å². The van der Waals surface area contributed by atoms with Gasteiger partial charge in [0.1, 0.15) is 0 Å². The molecule has 2 N–H and O–H groups in total. The molecule has 0 saturated carbocycles. The van der Waals surface area contributed by atoms with E-state index in [9.17, 15) is 4.79 Å². The molecule has 2 aromatic rings. The van der Waals surface area contributed by atoms with E-state index >= 15 is 0 Å². The first kappa shape index (κ1) is 13.8. The van der Waals surface area contributed by atoms with Crippen molar-refractivity contribution < 1.29 is 14.3 Å². The molecule has 6 nitrogen and oxygen atoms in total. The molecule has 0 unspecified atom stereocenters. The number of nitrogens with zero attached hydrogens (tertiary/aromatic N) is 1. The van der Waals surface area contributed by atoms with E-state index in [1.54, 1.807) is 24.3 Å². The molecule has 6 heteroatoms. The fourth-order valence-electron chi connectivity index (χ4n) is 2.04. The van der Waals surface area contributed by atoms with E-state index in [-0.39, 0.29) is 12.8 Å². The predicted octanol–water partition coefficient (Wildman–Crippen LogP) is 2.61. The maximum Gasteiger partial charge on any atom is 0.319 e. The van der Waals surface area contributed by atoms with Crippen molar-refractivity contribution in [2.45, 2.75) is 6.54 Å². The molecule has 0 aliphatic carbocycles. The maximum atomic E-state index is 11.8. The molecule has 22 heavy (non-hydrogen) atoms. The summed E-state index contributed by atoms with van der Waals surface area (Å²) in [7, 11) is 0. The van der Waals surface area contributed by atoms with Crippen molar-refractivity contribution in [3.05, 3.63) is 53.6 Å². The minimum Gasteiger partial charge on any atom is -0.454 e. The number of carbonyl (C=O) groups is 1. The normalized spacial score (nSPS) is 11.6. The number of fused-ring (bicyclic) bond motifs is 1. The van der Waals surface area contributed by atoms with E-state index in [2.05, 4.69) is 10.6 Å². The average Bonchev–Trinajstić information content (AvgIpc) is 3.01. The van der Waals surface area contributed by atoms with Crippen molar-refractivity contribution in [3.63, 3.8) is 0 Å². The Balaban J connectivity index is 1.54. The Labute approximate surface area is 127 Å². The number of benzene rings is 2. The van der Waals surface area contributed by atoms with Crippen LogP contribution in [0.4, 0.5) is 10.5 Å². The summed E-state index contributed by atoms with van der Waals surface area (Å²) in [5.74, 6) is 1.40. The molecule has 0 atom stereocenters. The summed E-state index contributed by atoms with van der Waals surface area (Å²) in [6.45, 7) is 0.601. The first-order valence-electron chi connectivity index (χ1n) is 6.68. The Hall–Kier alpha value is -3.20. The molecule has 110 valence electrons. The summed E-state index contributed by atoms with van der Waals surface area (Å²) in [6, 6.07) is 13.9. The van der Waals surface area contributed by atoms with Gasteiger partial charge in [0.2, 0.25) is 6.79 Å². The molecule has 0 bridgehead atoms. The number of rotatable bonds is 3. The molecule has 0 aromatic heterocycles. The van der Waals surface area contributed by atoms with Gasteiger partial charge in [0.05, 0.1) is 11.6 Å². The zero-order valence-corrected chi connectivity index (χ0v) is 11.6. The third kappa shape index (κ3) is 3.10. The quantitative estimate of drug-likeness (QED) is 0.911. The number of anilines is 1. The first-order chi connectivity index (χ1) is 10.7. The lowest BCUT2D eigenvalue weighted by Crippen LogP contribution is -2.28. The highest BCUT2D eigenvalue weighted by Gasteiger charge is 2.13. The zero-order valence-electron chi connectivity index (χ0n) is 11.6. The van der Waals surface area contributed by atoms with Crippen LogP contribution in [0.25, 0.3) is 0 Å². The van der Waals surface area contributed by atoms with Crippen LogP contribution in [0.5, 0.6) is 11.5 Å². The fourth-order valence-corrected chi connectivity index (χ4v) is 2.04. The highest BCUT2D eigenvalue weighted by Crippen LogP contribution is 2.32. The van der Waals surface area contributed by atoms with Gasteiger partial charge in [0.25, 0.3) is 0 Å². The molecule has 1 aliphatic heterocycles. The van der Waals surface area contributed by atoms with Crippen molar-refractivity contribution in [3.8, 4) is 17.6 Å². The van der Waals surface area contributed by atoms with E-state index in [4.69, 9.17) is 14.7 Å². The molecule has 2 amide bonds. The summed E-state index contributed by atoms with van der Waals surface area (Å²) in [6.07, 6.45) is 0. The lowest BCUT2D eigenvalue weighted by molar-refractivity contribution is 0.174. The second kappa shape index (κ2) is 6.06. The standard InChI is InChI=1S/C16H13N3O3/c17-8-11-1-4-13(5-2-11)19-16(20)18-9-12-3-6-14-15(7-12)22-10-21-14/h1-7H,9-10H2,(H2,18,19,20). The van der Waals surface area contributed by atoms with E-state index in [1.165, 1.54) is 0 Å². The van der Waals surface area contributed by atoms with Gasteiger partial charge < -0.3 is 20.1 Å². The van der Waals surface area contributed by atoms with Crippen LogP contribution in [0.3, 0.4) is 0 Å². The topological polar surface area (TPSA) is 83.4 Å². The van der Waals surface area contributed by atoms with Crippen molar-refractivity contribution in [2.75, 3.05) is 12.1 Å². The van der Waals surface area contributed by atoms with Crippen LogP contribution in [0, 0.1) is 11.3 Å². The molecule has 0 spiro atoms. The lowest BCUT2D eigenvalue weighted by atomic mass is 10.2. The number of hydrogen-bond donors (Lipinski definition) is 2. The van der Waals surface area contributed by atoms with Gasteiger partial charge in [0.15, 0.2) is 11.5 Å². The van der Waals surface area contributed by atoms with Crippen LogP contribution >= 0.6 is 0 Å². The molecule has 2 aromatic carbocycles. The van der Waals surface area contributed by atoms with Gasteiger partial charge in [0, 0.05) is 12.2 Å². The summed E-state index contributed by atoms with van der Waals surface area (Å²) in [4.78, 5) is 11.8. The van der Waals surface area contributed by atoms with E-state index in [1.807, 2.05) is 24.3 Å². The minimum absolute atomic E-state index is 0.228. The summed E-state index contributed by atoms with van der Waals surface area (Å²) >= 11 is 0. The second-order valence-electron chi connectivity index (χ2n) is 4.68. The van der Waals surface area contributed by atoms with Crippen molar-refractivity contribution in [2.24, 2.45) is 0 Å². The lowest BCUT2D eigenvalue weighted by Gasteiger charge is -2.08. The number of ether oxygens (including phenoxy) is 2. The predicted molar refractivity (Wildman–Crippen MR) is 79.6 cm³/mol. The van der Waals surface area contributed by atoms with Gasteiger partial charge in [-0.15, -0.1) is 0 Å². The van der Waals surface area contributed by atoms with E-state index in [0.717, 1.165) is 5.56 Å². The Morgan fingerprint density at radius 1 is 1.14 bits per heavy atom. The highest BCUT2D eigenvalue weighted by molar-refractivity contribution is 5.89. The number of carbonyl (C=O) groups excluding carboxylic acids is 1. The van der Waals surface area contributed by atoms with Gasteiger partial charge in [-0.05, 0) is 42.0 Å². The van der Waals surface area contributed by atoms with Crippen LogP contribution in [-0.2, 0) is 6.54 Å². The Morgan fingerprint density at radius 3 is 2.68 bits per heavy atom.